The van der Waals surface area contributed by atoms with Crippen molar-refractivity contribution >= 4 is 73.1 Å². The number of halogens is 3. The SMILES string of the molecule is Cc1ccc(N2C(=O)NC(=O)/C(=C/c3cc(Br)c(O)c(Br)c3)C2=O)cc1Cl. The molecular formula is C18H11Br2ClN2O4. The summed E-state index contributed by atoms with van der Waals surface area (Å²) in [6, 6.07) is 6.95. The van der Waals surface area contributed by atoms with Crippen LogP contribution in [0.2, 0.25) is 5.02 Å². The molecule has 0 atom stereocenters. The van der Waals surface area contributed by atoms with E-state index in [0.717, 1.165) is 10.5 Å². The molecular weight excluding hydrogens is 503 g/mol. The van der Waals surface area contributed by atoms with E-state index in [2.05, 4.69) is 37.2 Å². The van der Waals surface area contributed by atoms with Crippen LogP contribution in [0.25, 0.3) is 6.08 Å². The van der Waals surface area contributed by atoms with Gasteiger partial charge in [0.15, 0.2) is 0 Å². The standard InChI is InChI=1S/C18H11Br2ClN2O4/c1-8-2-3-10(7-14(8)21)23-17(26)11(16(25)22-18(23)27)4-9-5-12(19)15(24)13(20)6-9/h2-7,24H,1H3,(H,22,25,27)/b11-4-. The van der Waals surface area contributed by atoms with E-state index in [1.165, 1.54) is 24.3 Å². The largest absolute Gasteiger partial charge is 0.506 e. The topological polar surface area (TPSA) is 86.7 Å². The van der Waals surface area contributed by atoms with E-state index >= 15 is 0 Å². The van der Waals surface area contributed by atoms with E-state index in [-0.39, 0.29) is 17.0 Å². The van der Waals surface area contributed by atoms with Gasteiger partial charge in [-0.2, -0.15) is 0 Å². The Balaban J connectivity index is 2.06. The number of anilines is 1. The lowest BCUT2D eigenvalue weighted by Gasteiger charge is -2.26. The molecule has 6 nitrogen and oxygen atoms in total. The first-order chi connectivity index (χ1) is 12.7. The van der Waals surface area contributed by atoms with Gasteiger partial charge in [0.05, 0.1) is 14.6 Å². The fourth-order valence-corrected chi connectivity index (χ4v) is 3.84. The van der Waals surface area contributed by atoms with Crippen LogP contribution in [-0.2, 0) is 9.59 Å². The molecule has 3 rings (SSSR count). The molecule has 0 aromatic heterocycles. The van der Waals surface area contributed by atoms with Gasteiger partial charge in [-0.3, -0.25) is 14.9 Å². The van der Waals surface area contributed by atoms with E-state index in [1.807, 2.05) is 0 Å². The summed E-state index contributed by atoms with van der Waals surface area (Å²) in [5, 5.41) is 12.3. The molecule has 138 valence electrons. The van der Waals surface area contributed by atoms with Crippen molar-refractivity contribution in [1.29, 1.82) is 0 Å². The number of hydrogen-bond acceptors (Lipinski definition) is 4. The molecule has 9 heteroatoms. The zero-order chi connectivity index (χ0) is 19.9. The van der Waals surface area contributed by atoms with Gasteiger partial charge in [-0.1, -0.05) is 17.7 Å². The molecule has 0 bridgehead atoms. The van der Waals surface area contributed by atoms with Crippen LogP contribution in [0.1, 0.15) is 11.1 Å². The molecule has 0 unspecified atom stereocenters. The molecule has 1 fully saturated rings. The molecule has 2 N–H and O–H groups in total. The number of phenolic OH excluding ortho intramolecular Hbond substituents is 1. The Labute approximate surface area is 176 Å². The van der Waals surface area contributed by atoms with Gasteiger partial charge in [0.1, 0.15) is 11.3 Å². The van der Waals surface area contributed by atoms with Crippen molar-refractivity contribution in [3.63, 3.8) is 0 Å². The zero-order valence-electron chi connectivity index (χ0n) is 13.7. The molecule has 2 aromatic rings. The van der Waals surface area contributed by atoms with E-state index in [4.69, 9.17) is 11.6 Å². The maximum atomic E-state index is 12.8. The van der Waals surface area contributed by atoms with Crippen LogP contribution in [-0.4, -0.2) is 23.0 Å². The number of urea groups is 1. The van der Waals surface area contributed by atoms with Gasteiger partial charge in [-0.05, 0) is 80.3 Å². The van der Waals surface area contributed by atoms with Crippen LogP contribution < -0.4 is 10.2 Å². The van der Waals surface area contributed by atoms with Crippen molar-refractivity contribution in [2.75, 3.05) is 4.90 Å². The number of carbonyl (C=O) groups excluding carboxylic acids is 3. The Kier molecular flexibility index (Phi) is 5.41. The van der Waals surface area contributed by atoms with Gasteiger partial charge in [-0.25, -0.2) is 9.69 Å². The highest BCUT2D eigenvalue weighted by Gasteiger charge is 2.37. The van der Waals surface area contributed by atoms with Crippen molar-refractivity contribution < 1.29 is 19.5 Å². The third kappa shape index (κ3) is 3.78. The van der Waals surface area contributed by atoms with Crippen molar-refractivity contribution in [3.8, 4) is 5.75 Å². The number of rotatable bonds is 2. The predicted octanol–water partition coefficient (Wildman–Crippen LogP) is 4.55. The summed E-state index contributed by atoms with van der Waals surface area (Å²) in [5.41, 5.74) is 1.28. The Bertz CT molecular complexity index is 1010. The lowest BCUT2D eigenvalue weighted by molar-refractivity contribution is -0.122. The molecule has 0 aliphatic carbocycles. The maximum Gasteiger partial charge on any atom is 0.335 e. The van der Waals surface area contributed by atoms with E-state index in [0.29, 0.717) is 19.5 Å². The smallest absolute Gasteiger partial charge is 0.335 e. The highest BCUT2D eigenvalue weighted by Crippen LogP contribution is 2.34. The van der Waals surface area contributed by atoms with Gasteiger partial charge in [0, 0.05) is 5.02 Å². The van der Waals surface area contributed by atoms with Crippen LogP contribution >= 0.6 is 43.5 Å². The lowest BCUT2D eigenvalue weighted by Crippen LogP contribution is -2.54. The first-order valence-electron chi connectivity index (χ1n) is 7.54. The summed E-state index contributed by atoms with van der Waals surface area (Å²) >= 11 is 12.5. The monoisotopic (exact) mass is 512 g/mol. The number of nitrogens with zero attached hydrogens (tertiary/aromatic N) is 1. The molecule has 0 saturated carbocycles. The summed E-state index contributed by atoms with van der Waals surface area (Å²) in [6.07, 6.45) is 1.34. The maximum absolute atomic E-state index is 12.8. The normalized spacial score (nSPS) is 16.1. The number of nitrogens with one attached hydrogen (secondary N) is 1. The molecule has 4 amide bonds. The Morgan fingerprint density at radius 1 is 1.11 bits per heavy atom. The third-order valence-corrected chi connectivity index (χ3v) is 5.48. The van der Waals surface area contributed by atoms with Crippen molar-refractivity contribution in [3.05, 3.63) is 61.0 Å². The summed E-state index contributed by atoms with van der Waals surface area (Å²) < 4.78 is 0.760. The zero-order valence-corrected chi connectivity index (χ0v) is 17.6. The molecule has 0 spiro atoms. The van der Waals surface area contributed by atoms with E-state index < -0.39 is 17.8 Å². The first kappa shape index (κ1) is 19.6. The first-order valence-corrected chi connectivity index (χ1v) is 9.51. The van der Waals surface area contributed by atoms with Crippen LogP contribution in [0.5, 0.6) is 5.75 Å². The highest BCUT2D eigenvalue weighted by atomic mass is 79.9. The minimum Gasteiger partial charge on any atom is -0.506 e. The summed E-state index contributed by atoms with van der Waals surface area (Å²) in [6.45, 7) is 1.79. The molecule has 1 aliphatic heterocycles. The predicted molar refractivity (Wildman–Crippen MR) is 109 cm³/mol. The molecule has 1 heterocycles. The van der Waals surface area contributed by atoms with Crippen LogP contribution in [0.3, 0.4) is 0 Å². The summed E-state index contributed by atoms with van der Waals surface area (Å²) in [4.78, 5) is 38.1. The fourth-order valence-electron chi connectivity index (χ4n) is 2.45. The Morgan fingerprint density at radius 2 is 1.74 bits per heavy atom. The second-order valence-corrected chi connectivity index (χ2v) is 7.84. The lowest BCUT2D eigenvalue weighted by atomic mass is 10.1. The number of barbiturate groups is 1. The number of imide groups is 2. The number of aryl methyl sites for hydroxylation is 1. The number of carbonyl (C=O) groups is 3. The molecule has 1 saturated heterocycles. The molecule has 0 radical (unpaired) electrons. The number of amides is 4. The van der Waals surface area contributed by atoms with Crippen LogP contribution in [0, 0.1) is 6.92 Å². The minimum atomic E-state index is -0.852. The third-order valence-electron chi connectivity index (χ3n) is 3.87. The molecule has 1 aliphatic rings. The average molecular weight is 515 g/mol. The van der Waals surface area contributed by atoms with E-state index in [9.17, 15) is 19.5 Å². The molecule has 27 heavy (non-hydrogen) atoms. The number of phenols is 1. The summed E-state index contributed by atoms with van der Waals surface area (Å²) in [5.74, 6) is -1.59. The van der Waals surface area contributed by atoms with Gasteiger partial charge in [0.2, 0.25) is 0 Å². The average Bonchev–Trinajstić information content (AvgIpc) is 2.59. The molecule has 2 aromatic carbocycles. The fraction of sp³-hybridized carbons (Fsp3) is 0.0556. The van der Waals surface area contributed by atoms with Gasteiger partial charge < -0.3 is 5.11 Å². The van der Waals surface area contributed by atoms with E-state index in [1.54, 1.807) is 19.1 Å². The van der Waals surface area contributed by atoms with Gasteiger partial charge >= 0.3 is 6.03 Å². The van der Waals surface area contributed by atoms with Crippen molar-refractivity contribution in [2.24, 2.45) is 0 Å². The minimum absolute atomic E-state index is 0.0114. The van der Waals surface area contributed by atoms with Crippen molar-refractivity contribution in [2.45, 2.75) is 6.92 Å². The highest BCUT2D eigenvalue weighted by molar-refractivity contribution is 9.11. The van der Waals surface area contributed by atoms with Crippen molar-refractivity contribution in [1.82, 2.24) is 5.32 Å². The number of hydrogen-bond donors (Lipinski definition) is 2. The summed E-state index contributed by atoms with van der Waals surface area (Å²) in [7, 11) is 0. The Hall–Kier alpha value is -2.16. The Morgan fingerprint density at radius 3 is 2.33 bits per heavy atom. The quantitative estimate of drug-likeness (QED) is 0.455. The number of benzene rings is 2. The van der Waals surface area contributed by atoms with Gasteiger partial charge in [0.25, 0.3) is 11.8 Å². The van der Waals surface area contributed by atoms with Crippen LogP contribution in [0.15, 0.2) is 44.9 Å². The van der Waals surface area contributed by atoms with Gasteiger partial charge in [-0.15, -0.1) is 0 Å². The van der Waals surface area contributed by atoms with Crippen LogP contribution in [0.4, 0.5) is 10.5 Å². The second kappa shape index (κ2) is 7.46. The number of aromatic hydroxyl groups is 1. The second-order valence-electron chi connectivity index (χ2n) is 5.72.